The average molecular weight is 237 g/mol. The Kier molecular flexibility index (Phi) is 3.50. The predicted molar refractivity (Wildman–Crippen MR) is 66.1 cm³/mol. The summed E-state index contributed by atoms with van der Waals surface area (Å²) in [5.74, 6) is -0.202. The van der Waals surface area contributed by atoms with Crippen molar-refractivity contribution in [3.8, 4) is 0 Å². The molecule has 0 amide bonds. The van der Waals surface area contributed by atoms with Crippen LogP contribution in [0.5, 0.6) is 0 Å². The minimum absolute atomic E-state index is 0.105. The average Bonchev–Trinajstić information content (AvgIpc) is 2.27. The van der Waals surface area contributed by atoms with Crippen LogP contribution < -0.4 is 0 Å². The summed E-state index contributed by atoms with van der Waals surface area (Å²) in [5, 5.41) is 9.73. The molecule has 17 heavy (non-hydrogen) atoms. The van der Waals surface area contributed by atoms with Crippen LogP contribution in [0.3, 0.4) is 0 Å². The van der Waals surface area contributed by atoms with Crippen molar-refractivity contribution < 1.29 is 9.50 Å². The molecule has 2 nitrogen and oxygen atoms in total. The summed E-state index contributed by atoms with van der Waals surface area (Å²) in [4.78, 5) is 2.27. The Bertz CT molecular complexity index is 374. The molecule has 0 aliphatic carbocycles. The van der Waals surface area contributed by atoms with Gasteiger partial charge in [0.2, 0.25) is 0 Å². The molecular weight excluding hydrogens is 217 g/mol. The molecule has 3 heteroatoms. The van der Waals surface area contributed by atoms with Crippen molar-refractivity contribution in [1.29, 1.82) is 0 Å². The molecule has 1 heterocycles. The fourth-order valence-corrected chi connectivity index (χ4v) is 2.36. The lowest BCUT2D eigenvalue weighted by molar-refractivity contribution is -0.00960. The Labute approximate surface area is 102 Å². The van der Waals surface area contributed by atoms with E-state index in [1.807, 2.05) is 12.1 Å². The van der Waals surface area contributed by atoms with E-state index in [4.69, 9.17) is 0 Å². The topological polar surface area (TPSA) is 23.5 Å². The standard InChI is InChI=1S/C14H20FNO/c1-14(2)8-7-13(17)10-16(14)9-11-3-5-12(15)6-4-11/h3-6,13,17H,7-10H2,1-2H3. The fourth-order valence-electron chi connectivity index (χ4n) is 2.36. The summed E-state index contributed by atoms with van der Waals surface area (Å²) in [6.07, 6.45) is 1.63. The van der Waals surface area contributed by atoms with Gasteiger partial charge >= 0.3 is 0 Å². The molecule has 0 saturated carbocycles. The van der Waals surface area contributed by atoms with Gasteiger partial charge < -0.3 is 5.11 Å². The van der Waals surface area contributed by atoms with Gasteiger partial charge in [-0.3, -0.25) is 4.90 Å². The molecule has 1 aromatic rings. The van der Waals surface area contributed by atoms with Crippen LogP contribution in [0.4, 0.5) is 4.39 Å². The second kappa shape index (κ2) is 4.75. The van der Waals surface area contributed by atoms with Crippen molar-refractivity contribution in [2.24, 2.45) is 0 Å². The van der Waals surface area contributed by atoms with E-state index in [1.165, 1.54) is 12.1 Å². The fraction of sp³-hybridized carbons (Fsp3) is 0.571. The maximum atomic E-state index is 12.8. The SMILES string of the molecule is CC1(C)CCC(O)CN1Cc1ccc(F)cc1. The van der Waals surface area contributed by atoms with Crippen LogP contribution in [0.2, 0.25) is 0 Å². The molecule has 0 spiro atoms. The highest BCUT2D eigenvalue weighted by Crippen LogP contribution is 2.28. The third kappa shape index (κ3) is 3.05. The minimum Gasteiger partial charge on any atom is -0.392 e. The number of halogens is 1. The molecule has 0 radical (unpaired) electrons. The zero-order valence-electron chi connectivity index (χ0n) is 10.5. The summed E-state index contributed by atoms with van der Waals surface area (Å²) in [7, 11) is 0. The van der Waals surface area contributed by atoms with E-state index >= 15 is 0 Å². The van der Waals surface area contributed by atoms with Gasteiger partial charge in [0.1, 0.15) is 5.82 Å². The molecule has 0 bridgehead atoms. The van der Waals surface area contributed by atoms with Crippen LogP contribution in [-0.4, -0.2) is 28.2 Å². The second-order valence-electron chi connectivity index (χ2n) is 5.51. The summed E-state index contributed by atoms with van der Waals surface area (Å²) in [6, 6.07) is 6.60. The first-order valence-corrected chi connectivity index (χ1v) is 6.15. The van der Waals surface area contributed by atoms with Crippen LogP contribution in [0, 0.1) is 5.82 Å². The van der Waals surface area contributed by atoms with Crippen molar-refractivity contribution in [1.82, 2.24) is 4.90 Å². The first-order chi connectivity index (χ1) is 7.97. The van der Waals surface area contributed by atoms with Crippen molar-refractivity contribution >= 4 is 0 Å². The van der Waals surface area contributed by atoms with Crippen LogP contribution in [0.1, 0.15) is 32.3 Å². The Balaban J connectivity index is 2.08. The molecule has 1 atom stereocenters. The third-order valence-corrected chi connectivity index (χ3v) is 3.66. The van der Waals surface area contributed by atoms with E-state index in [0.717, 1.165) is 24.9 Å². The maximum Gasteiger partial charge on any atom is 0.123 e. The minimum atomic E-state index is -0.233. The van der Waals surface area contributed by atoms with Crippen LogP contribution in [0.25, 0.3) is 0 Å². The quantitative estimate of drug-likeness (QED) is 0.854. The van der Waals surface area contributed by atoms with Crippen molar-refractivity contribution in [2.45, 2.75) is 44.9 Å². The molecule has 1 saturated heterocycles. The molecule has 2 rings (SSSR count). The Hall–Kier alpha value is -0.930. The lowest BCUT2D eigenvalue weighted by Crippen LogP contribution is -2.51. The normalized spacial score (nSPS) is 24.8. The maximum absolute atomic E-state index is 12.8. The number of likely N-dealkylation sites (tertiary alicyclic amines) is 1. The first kappa shape index (κ1) is 12.5. The molecule has 94 valence electrons. The van der Waals surface area contributed by atoms with Gasteiger partial charge in [-0.2, -0.15) is 0 Å². The Morgan fingerprint density at radius 2 is 2.00 bits per heavy atom. The Morgan fingerprint density at radius 1 is 1.35 bits per heavy atom. The highest BCUT2D eigenvalue weighted by atomic mass is 19.1. The van der Waals surface area contributed by atoms with E-state index in [9.17, 15) is 9.50 Å². The Morgan fingerprint density at radius 3 is 2.65 bits per heavy atom. The van der Waals surface area contributed by atoms with Gasteiger partial charge in [0, 0.05) is 18.6 Å². The lowest BCUT2D eigenvalue weighted by Gasteiger charge is -2.44. The van der Waals surface area contributed by atoms with E-state index in [0.29, 0.717) is 6.54 Å². The number of hydrogen-bond acceptors (Lipinski definition) is 2. The van der Waals surface area contributed by atoms with Gasteiger partial charge in [0.25, 0.3) is 0 Å². The zero-order chi connectivity index (χ0) is 12.5. The highest BCUT2D eigenvalue weighted by Gasteiger charge is 2.33. The van der Waals surface area contributed by atoms with Gasteiger partial charge in [-0.05, 0) is 44.4 Å². The van der Waals surface area contributed by atoms with Gasteiger partial charge in [-0.1, -0.05) is 12.1 Å². The van der Waals surface area contributed by atoms with Crippen LogP contribution in [0.15, 0.2) is 24.3 Å². The molecule has 0 aromatic heterocycles. The van der Waals surface area contributed by atoms with Gasteiger partial charge in [0.15, 0.2) is 0 Å². The van der Waals surface area contributed by atoms with Gasteiger partial charge in [-0.25, -0.2) is 4.39 Å². The van der Waals surface area contributed by atoms with E-state index in [1.54, 1.807) is 0 Å². The monoisotopic (exact) mass is 237 g/mol. The summed E-state index contributed by atoms with van der Waals surface area (Å²) in [6.45, 7) is 5.86. The third-order valence-electron chi connectivity index (χ3n) is 3.66. The van der Waals surface area contributed by atoms with Crippen molar-refractivity contribution in [2.75, 3.05) is 6.54 Å². The lowest BCUT2D eigenvalue weighted by atomic mass is 9.88. The number of nitrogens with zero attached hydrogens (tertiary/aromatic N) is 1. The van der Waals surface area contributed by atoms with Crippen LogP contribution >= 0.6 is 0 Å². The number of β-amino-alcohol motifs (C(OH)–C–C–N with tert-alkyl or cyclic N) is 1. The predicted octanol–water partition coefficient (Wildman–Crippen LogP) is 2.56. The number of aliphatic hydroxyl groups excluding tert-OH is 1. The van der Waals surface area contributed by atoms with Crippen molar-refractivity contribution in [3.05, 3.63) is 35.6 Å². The molecule has 1 N–H and O–H groups in total. The number of piperidine rings is 1. The number of benzene rings is 1. The van der Waals surface area contributed by atoms with E-state index < -0.39 is 0 Å². The summed E-state index contributed by atoms with van der Waals surface area (Å²) >= 11 is 0. The second-order valence-corrected chi connectivity index (χ2v) is 5.51. The molecule has 1 unspecified atom stereocenters. The van der Waals surface area contributed by atoms with Gasteiger partial charge in [-0.15, -0.1) is 0 Å². The smallest absolute Gasteiger partial charge is 0.123 e. The van der Waals surface area contributed by atoms with Crippen LogP contribution in [-0.2, 0) is 6.54 Å². The molecule has 1 aliphatic rings. The summed E-state index contributed by atoms with van der Waals surface area (Å²) < 4.78 is 12.8. The zero-order valence-corrected chi connectivity index (χ0v) is 10.5. The largest absolute Gasteiger partial charge is 0.392 e. The first-order valence-electron chi connectivity index (χ1n) is 6.15. The summed E-state index contributed by atoms with van der Waals surface area (Å²) in [5.41, 5.74) is 1.20. The number of hydrogen-bond donors (Lipinski definition) is 1. The number of rotatable bonds is 2. The van der Waals surface area contributed by atoms with Crippen molar-refractivity contribution in [3.63, 3.8) is 0 Å². The molecule has 1 fully saturated rings. The van der Waals surface area contributed by atoms with Gasteiger partial charge in [0.05, 0.1) is 6.10 Å². The number of aliphatic hydroxyl groups is 1. The van der Waals surface area contributed by atoms with E-state index in [2.05, 4.69) is 18.7 Å². The van der Waals surface area contributed by atoms with E-state index in [-0.39, 0.29) is 17.5 Å². The molecule has 1 aliphatic heterocycles. The highest BCUT2D eigenvalue weighted by molar-refractivity contribution is 5.16. The molecular formula is C14H20FNO. The molecule has 1 aromatic carbocycles.